The number of Topliss-reactive ketones (excluding diaryl/α,β-unsaturated/α-hetero) is 1. The summed E-state index contributed by atoms with van der Waals surface area (Å²) in [6.07, 6.45) is 6.49. The van der Waals surface area contributed by atoms with Gasteiger partial charge in [0.25, 0.3) is 11.7 Å². The van der Waals surface area contributed by atoms with E-state index in [1.807, 2.05) is 6.07 Å². The topological polar surface area (TPSA) is 92.6 Å². The zero-order valence-electron chi connectivity index (χ0n) is 18.5. The van der Waals surface area contributed by atoms with Gasteiger partial charge >= 0.3 is 0 Å². The van der Waals surface area contributed by atoms with Crippen molar-refractivity contribution < 1.29 is 19.4 Å². The Balaban J connectivity index is 1.74. The van der Waals surface area contributed by atoms with Gasteiger partial charge in [0.1, 0.15) is 11.5 Å². The highest BCUT2D eigenvalue weighted by molar-refractivity contribution is 6.46. The van der Waals surface area contributed by atoms with Crippen molar-refractivity contribution >= 4 is 17.4 Å². The second-order valence-electron chi connectivity index (χ2n) is 8.30. The van der Waals surface area contributed by atoms with Gasteiger partial charge in [0, 0.05) is 36.9 Å². The molecule has 4 rings (SSSR count). The standard InChI is InChI=1S/C26H25N3O4/c1-17(2)16-33-21-7-5-20(6-8-21)24(30)22-23(19-9-12-27-13-10-19)29(26(32)25(22)31)15-18-4-3-11-28-14-18/h3-14,17,23,30H,15-16H2,1-2H3/t23-/m0/s1. The highest BCUT2D eigenvalue weighted by Gasteiger charge is 2.46. The molecule has 0 bridgehead atoms. The lowest BCUT2D eigenvalue weighted by Crippen LogP contribution is -2.29. The monoisotopic (exact) mass is 443 g/mol. The van der Waals surface area contributed by atoms with E-state index in [9.17, 15) is 14.7 Å². The van der Waals surface area contributed by atoms with Gasteiger partial charge in [-0.05, 0) is 59.5 Å². The Kier molecular flexibility index (Phi) is 6.49. The normalized spacial score (nSPS) is 17.5. The number of aliphatic hydroxyl groups excluding tert-OH is 1. The zero-order chi connectivity index (χ0) is 23.4. The van der Waals surface area contributed by atoms with Crippen LogP contribution in [0.3, 0.4) is 0 Å². The van der Waals surface area contributed by atoms with Crippen LogP contribution in [0.2, 0.25) is 0 Å². The number of carbonyl (C=O) groups is 2. The second-order valence-corrected chi connectivity index (χ2v) is 8.30. The lowest BCUT2D eigenvalue weighted by Gasteiger charge is -2.25. The number of aromatic nitrogens is 2. The van der Waals surface area contributed by atoms with Gasteiger partial charge in [-0.25, -0.2) is 0 Å². The minimum atomic E-state index is -0.745. The molecule has 2 aromatic heterocycles. The predicted molar refractivity (Wildman–Crippen MR) is 123 cm³/mol. The van der Waals surface area contributed by atoms with Crippen molar-refractivity contribution in [3.8, 4) is 5.75 Å². The molecule has 1 amide bonds. The smallest absolute Gasteiger partial charge is 0.295 e. The molecule has 1 N–H and O–H groups in total. The molecular weight excluding hydrogens is 418 g/mol. The number of nitrogens with zero attached hydrogens (tertiary/aromatic N) is 3. The van der Waals surface area contributed by atoms with E-state index in [1.54, 1.807) is 67.3 Å². The van der Waals surface area contributed by atoms with Crippen LogP contribution in [0, 0.1) is 5.92 Å². The molecule has 168 valence electrons. The summed E-state index contributed by atoms with van der Waals surface area (Å²) in [5.74, 6) is -0.561. The van der Waals surface area contributed by atoms with Crippen LogP contribution in [-0.4, -0.2) is 38.3 Å². The van der Waals surface area contributed by atoms with Crippen molar-refractivity contribution in [3.63, 3.8) is 0 Å². The third-order valence-electron chi connectivity index (χ3n) is 5.35. The van der Waals surface area contributed by atoms with Crippen molar-refractivity contribution in [2.45, 2.75) is 26.4 Å². The van der Waals surface area contributed by atoms with Crippen molar-refractivity contribution in [1.29, 1.82) is 0 Å². The maximum atomic E-state index is 13.1. The molecule has 0 aliphatic carbocycles. The van der Waals surface area contributed by atoms with Gasteiger partial charge in [0.15, 0.2) is 0 Å². The van der Waals surface area contributed by atoms with E-state index in [0.29, 0.717) is 29.4 Å². The third-order valence-corrected chi connectivity index (χ3v) is 5.35. The maximum Gasteiger partial charge on any atom is 0.295 e. The fraction of sp³-hybridized carbons (Fsp3) is 0.231. The summed E-state index contributed by atoms with van der Waals surface area (Å²) in [6, 6.07) is 13.2. The number of ketones is 1. The highest BCUT2D eigenvalue weighted by atomic mass is 16.5. The molecule has 0 radical (unpaired) electrons. The molecule has 3 heterocycles. The average Bonchev–Trinajstić information content (AvgIpc) is 3.09. The van der Waals surface area contributed by atoms with Crippen molar-refractivity contribution in [2.24, 2.45) is 5.92 Å². The highest BCUT2D eigenvalue weighted by Crippen LogP contribution is 2.40. The van der Waals surface area contributed by atoms with Crippen molar-refractivity contribution in [2.75, 3.05) is 6.61 Å². The molecule has 1 atom stereocenters. The molecule has 1 aliphatic heterocycles. The third kappa shape index (κ3) is 4.77. The first-order valence-corrected chi connectivity index (χ1v) is 10.8. The molecule has 0 spiro atoms. The molecular formula is C26H25N3O4. The summed E-state index contributed by atoms with van der Waals surface area (Å²) in [5, 5.41) is 11.1. The Morgan fingerprint density at radius 1 is 1.03 bits per heavy atom. The number of aliphatic hydroxyl groups is 1. The number of hydrogen-bond donors (Lipinski definition) is 1. The molecule has 3 aromatic rings. The van der Waals surface area contributed by atoms with E-state index in [-0.39, 0.29) is 17.9 Å². The van der Waals surface area contributed by atoms with Gasteiger partial charge in [-0.1, -0.05) is 19.9 Å². The quantitative estimate of drug-likeness (QED) is 0.335. The molecule has 0 saturated carbocycles. The Morgan fingerprint density at radius 3 is 2.39 bits per heavy atom. The summed E-state index contributed by atoms with van der Waals surface area (Å²) < 4.78 is 5.70. The van der Waals surface area contributed by atoms with E-state index in [0.717, 1.165) is 5.56 Å². The average molecular weight is 444 g/mol. The molecule has 1 saturated heterocycles. The van der Waals surface area contributed by atoms with Gasteiger partial charge < -0.3 is 14.7 Å². The van der Waals surface area contributed by atoms with Gasteiger partial charge in [-0.3, -0.25) is 19.6 Å². The predicted octanol–water partition coefficient (Wildman–Crippen LogP) is 4.13. The lowest BCUT2D eigenvalue weighted by molar-refractivity contribution is -0.140. The molecule has 1 aromatic carbocycles. The molecule has 7 heteroatoms. The van der Waals surface area contributed by atoms with Crippen LogP contribution in [0.5, 0.6) is 5.75 Å². The van der Waals surface area contributed by atoms with E-state index in [2.05, 4.69) is 23.8 Å². The Hall–Kier alpha value is -4.00. The van der Waals surface area contributed by atoms with Crippen LogP contribution in [0.15, 0.2) is 78.9 Å². The Labute approximate surface area is 192 Å². The van der Waals surface area contributed by atoms with Crippen molar-refractivity contribution in [1.82, 2.24) is 14.9 Å². The van der Waals surface area contributed by atoms with Gasteiger partial charge in [0.05, 0.1) is 18.2 Å². The number of amides is 1. The second kappa shape index (κ2) is 9.65. The number of hydrogen-bond acceptors (Lipinski definition) is 6. The van der Waals surface area contributed by atoms with Crippen molar-refractivity contribution in [3.05, 3.63) is 95.6 Å². The van der Waals surface area contributed by atoms with E-state index in [4.69, 9.17) is 4.74 Å². The summed E-state index contributed by atoms with van der Waals surface area (Å²) in [5.41, 5.74) is 1.95. The number of benzene rings is 1. The number of likely N-dealkylation sites (tertiary alicyclic amines) is 1. The Bertz CT molecular complexity index is 1160. The summed E-state index contributed by atoms with van der Waals surface area (Å²) in [6.45, 7) is 4.88. The largest absolute Gasteiger partial charge is 0.507 e. The molecule has 33 heavy (non-hydrogen) atoms. The first-order chi connectivity index (χ1) is 16.0. The number of rotatable bonds is 7. The van der Waals surface area contributed by atoms with Crippen LogP contribution in [0.4, 0.5) is 0 Å². The molecule has 0 unspecified atom stereocenters. The van der Waals surface area contributed by atoms with Crippen LogP contribution < -0.4 is 4.74 Å². The van der Waals surface area contributed by atoms with E-state index in [1.165, 1.54) is 4.90 Å². The first kappa shape index (κ1) is 22.2. The van der Waals surface area contributed by atoms with Crippen LogP contribution in [-0.2, 0) is 16.1 Å². The molecule has 1 aliphatic rings. The van der Waals surface area contributed by atoms with Crippen LogP contribution in [0.25, 0.3) is 5.76 Å². The zero-order valence-corrected chi connectivity index (χ0v) is 18.5. The summed E-state index contributed by atoms with van der Waals surface area (Å²) >= 11 is 0. The lowest BCUT2D eigenvalue weighted by atomic mass is 9.96. The minimum absolute atomic E-state index is 0.0472. The van der Waals surface area contributed by atoms with E-state index >= 15 is 0 Å². The fourth-order valence-electron chi connectivity index (χ4n) is 3.75. The molecule has 1 fully saturated rings. The summed E-state index contributed by atoms with van der Waals surface area (Å²) in [4.78, 5) is 35.7. The van der Waals surface area contributed by atoms with Crippen LogP contribution in [0.1, 0.15) is 36.6 Å². The van der Waals surface area contributed by atoms with E-state index < -0.39 is 17.7 Å². The first-order valence-electron chi connectivity index (χ1n) is 10.8. The fourth-order valence-corrected chi connectivity index (χ4v) is 3.75. The summed E-state index contributed by atoms with van der Waals surface area (Å²) in [7, 11) is 0. The number of pyridine rings is 2. The number of ether oxygens (including phenoxy) is 1. The number of carbonyl (C=O) groups excluding carboxylic acids is 2. The SMILES string of the molecule is CC(C)COc1ccc(C(O)=C2C(=O)C(=O)N(Cc3cccnc3)[C@H]2c2ccncc2)cc1. The van der Waals surface area contributed by atoms with Gasteiger partial charge in [-0.2, -0.15) is 0 Å². The van der Waals surface area contributed by atoms with Gasteiger partial charge in [-0.15, -0.1) is 0 Å². The molecule has 7 nitrogen and oxygen atoms in total. The Morgan fingerprint density at radius 2 is 1.76 bits per heavy atom. The van der Waals surface area contributed by atoms with Crippen LogP contribution >= 0.6 is 0 Å². The van der Waals surface area contributed by atoms with Gasteiger partial charge in [0.2, 0.25) is 0 Å². The minimum Gasteiger partial charge on any atom is -0.507 e. The maximum absolute atomic E-state index is 13.1.